The smallest absolute Gasteiger partial charge is 0.319 e. The summed E-state index contributed by atoms with van der Waals surface area (Å²) in [4.78, 5) is 15.6. The molecule has 3 unspecified atom stereocenters. The molecule has 1 heterocycles. The number of nitrogens with zero attached hydrogens (tertiary/aromatic N) is 1. The Morgan fingerprint density at radius 3 is 2.50 bits per heavy atom. The van der Waals surface area contributed by atoms with E-state index >= 15 is 0 Å². The molecule has 3 aliphatic carbocycles. The predicted molar refractivity (Wildman–Crippen MR) is 142 cm³/mol. The van der Waals surface area contributed by atoms with Gasteiger partial charge in [0.25, 0.3) is 0 Å². The Labute approximate surface area is 223 Å². The molecule has 2 bridgehead atoms. The lowest BCUT2D eigenvalue weighted by atomic mass is 9.64. The van der Waals surface area contributed by atoms with E-state index in [2.05, 4.69) is 27.7 Å². The molecule has 0 radical (unpaired) electrons. The molecule has 38 heavy (non-hydrogen) atoms. The Morgan fingerprint density at radius 2 is 1.79 bits per heavy atom. The third-order valence-electron chi connectivity index (χ3n) is 9.90. The van der Waals surface area contributed by atoms with Crippen molar-refractivity contribution in [1.82, 2.24) is 10.2 Å². The number of anilines is 1. The molecule has 1 saturated heterocycles. The molecule has 4 fully saturated rings. The number of likely N-dealkylation sites (tertiary alicyclic amines) is 1. The maximum absolute atomic E-state index is 13.6. The van der Waals surface area contributed by atoms with Gasteiger partial charge in [0.15, 0.2) is 23.1 Å². The second-order valence-electron chi connectivity index (χ2n) is 11.7. The van der Waals surface area contributed by atoms with Gasteiger partial charge in [0.05, 0.1) is 14.2 Å². The van der Waals surface area contributed by atoms with E-state index < -0.39 is 11.6 Å². The maximum atomic E-state index is 13.6. The Hall–Kier alpha value is -2.87. The number of rotatable bonds is 6. The van der Waals surface area contributed by atoms with Crippen molar-refractivity contribution in [2.75, 3.05) is 26.1 Å². The first kappa shape index (κ1) is 25.4. The third-order valence-corrected chi connectivity index (χ3v) is 9.90. The van der Waals surface area contributed by atoms with Crippen molar-refractivity contribution in [3.63, 3.8) is 0 Å². The number of hydrogen-bond donors (Lipinski definition) is 2. The predicted octanol–water partition coefficient (Wildman–Crippen LogP) is 5.86. The van der Waals surface area contributed by atoms with Crippen molar-refractivity contribution < 1.29 is 23.0 Å². The van der Waals surface area contributed by atoms with Gasteiger partial charge in [-0.05, 0) is 93.2 Å². The SMILES string of the molecule is COc1ccc([C@@]23CC[C@@H](NC(=O)Nc4ccc(F)c(F)c4)C[C@@H]2N(C2CC4CCC2C4)CC3)cc1OC. The monoisotopic (exact) mass is 525 g/mol. The van der Waals surface area contributed by atoms with Crippen LogP contribution in [0.15, 0.2) is 36.4 Å². The highest BCUT2D eigenvalue weighted by molar-refractivity contribution is 5.89. The van der Waals surface area contributed by atoms with E-state index in [9.17, 15) is 13.6 Å². The number of carbonyl (C=O) groups excluding carboxylic acids is 1. The molecule has 0 spiro atoms. The van der Waals surface area contributed by atoms with E-state index in [1.54, 1.807) is 14.2 Å². The van der Waals surface area contributed by atoms with Gasteiger partial charge in [0, 0.05) is 35.3 Å². The zero-order valence-corrected chi connectivity index (χ0v) is 22.1. The van der Waals surface area contributed by atoms with Gasteiger partial charge in [-0.3, -0.25) is 4.90 Å². The number of hydrogen-bond acceptors (Lipinski definition) is 4. The standard InChI is InChI=1S/C30H37F2N3O3/c1-37-26-8-5-20(15-27(26)38-2)30-10-9-22(34-29(36)33-21-6-7-23(31)24(32)16-21)17-28(30)35(12-11-30)25-14-18-3-4-19(25)13-18/h5-8,15-16,18-19,22,25,28H,3-4,9-14,17H2,1-2H3,(H2,33,34,36)/t18?,19?,22-,25?,28+,30+/m1/s1. The highest BCUT2D eigenvalue weighted by Gasteiger charge is 2.56. The normalized spacial score (nSPS) is 32.2. The Morgan fingerprint density at radius 1 is 0.947 bits per heavy atom. The zero-order chi connectivity index (χ0) is 26.4. The molecule has 1 aliphatic heterocycles. The number of ether oxygens (including phenoxy) is 2. The van der Waals surface area contributed by atoms with Gasteiger partial charge in [-0.15, -0.1) is 0 Å². The summed E-state index contributed by atoms with van der Waals surface area (Å²) >= 11 is 0. The molecule has 6 atom stereocenters. The summed E-state index contributed by atoms with van der Waals surface area (Å²) in [5.74, 6) is 1.22. The molecule has 6 nitrogen and oxygen atoms in total. The van der Waals surface area contributed by atoms with Crippen molar-refractivity contribution in [1.29, 1.82) is 0 Å². The van der Waals surface area contributed by atoms with Crippen molar-refractivity contribution in [2.24, 2.45) is 11.8 Å². The van der Waals surface area contributed by atoms with Gasteiger partial charge in [-0.25, -0.2) is 13.6 Å². The molecule has 2 N–H and O–H groups in total. The average Bonchev–Trinajstić information content (AvgIpc) is 3.65. The fourth-order valence-electron chi connectivity index (χ4n) is 8.14. The minimum absolute atomic E-state index is 0.00208. The van der Waals surface area contributed by atoms with Gasteiger partial charge < -0.3 is 20.1 Å². The van der Waals surface area contributed by atoms with Crippen LogP contribution in [0.25, 0.3) is 0 Å². The topological polar surface area (TPSA) is 62.8 Å². The Balaban J connectivity index is 1.24. The highest BCUT2D eigenvalue weighted by atomic mass is 19.2. The zero-order valence-electron chi connectivity index (χ0n) is 22.1. The molecule has 2 amide bonds. The number of carbonyl (C=O) groups is 1. The van der Waals surface area contributed by atoms with Crippen molar-refractivity contribution in [3.05, 3.63) is 53.6 Å². The highest BCUT2D eigenvalue weighted by Crippen LogP contribution is 2.55. The van der Waals surface area contributed by atoms with E-state index in [0.29, 0.717) is 12.1 Å². The maximum Gasteiger partial charge on any atom is 0.319 e. The van der Waals surface area contributed by atoms with Gasteiger partial charge in [-0.1, -0.05) is 12.5 Å². The van der Waals surface area contributed by atoms with E-state index in [4.69, 9.17) is 9.47 Å². The fraction of sp³-hybridized carbons (Fsp3) is 0.567. The van der Waals surface area contributed by atoms with Gasteiger partial charge in [0.1, 0.15) is 0 Å². The molecular weight excluding hydrogens is 488 g/mol. The summed E-state index contributed by atoms with van der Waals surface area (Å²) in [6.45, 7) is 1.07. The van der Waals surface area contributed by atoms with Crippen LogP contribution in [0.3, 0.4) is 0 Å². The van der Waals surface area contributed by atoms with E-state index in [0.717, 1.165) is 67.7 Å². The van der Waals surface area contributed by atoms with Crippen LogP contribution in [0.5, 0.6) is 11.5 Å². The quantitative estimate of drug-likeness (QED) is 0.496. The molecule has 0 aromatic heterocycles. The number of benzene rings is 2. The van der Waals surface area contributed by atoms with E-state index in [-0.39, 0.29) is 23.2 Å². The fourth-order valence-corrected chi connectivity index (χ4v) is 8.14. The summed E-state index contributed by atoms with van der Waals surface area (Å²) in [5, 5.41) is 5.80. The lowest BCUT2D eigenvalue weighted by molar-refractivity contribution is 0.0744. The molecule has 2 aromatic rings. The summed E-state index contributed by atoms with van der Waals surface area (Å²) < 4.78 is 38.1. The Bertz CT molecular complexity index is 1210. The average molecular weight is 526 g/mol. The summed E-state index contributed by atoms with van der Waals surface area (Å²) in [6.07, 6.45) is 9.10. The van der Waals surface area contributed by atoms with Crippen molar-refractivity contribution in [2.45, 2.75) is 74.9 Å². The first-order chi connectivity index (χ1) is 18.4. The summed E-state index contributed by atoms with van der Waals surface area (Å²) in [5.41, 5.74) is 1.52. The van der Waals surface area contributed by atoms with Crippen LogP contribution >= 0.6 is 0 Å². The third kappa shape index (κ3) is 4.40. The lowest BCUT2D eigenvalue weighted by Gasteiger charge is -2.48. The molecule has 8 heteroatoms. The largest absolute Gasteiger partial charge is 0.493 e. The number of amides is 2. The molecule has 4 aliphatic rings. The molecular formula is C30H37F2N3O3. The van der Waals surface area contributed by atoms with Crippen LogP contribution in [-0.4, -0.2) is 49.8 Å². The molecule has 3 saturated carbocycles. The van der Waals surface area contributed by atoms with E-state index in [1.165, 1.54) is 37.3 Å². The molecule has 204 valence electrons. The summed E-state index contributed by atoms with van der Waals surface area (Å²) in [6, 6.07) is 10.3. The number of urea groups is 1. The van der Waals surface area contributed by atoms with Crippen LogP contribution in [0.2, 0.25) is 0 Å². The number of fused-ring (bicyclic) bond motifs is 3. The second kappa shape index (κ2) is 10.0. The minimum Gasteiger partial charge on any atom is -0.493 e. The Kier molecular flexibility index (Phi) is 6.70. The molecule has 2 aromatic carbocycles. The number of nitrogens with one attached hydrogen (secondary N) is 2. The second-order valence-corrected chi connectivity index (χ2v) is 11.7. The van der Waals surface area contributed by atoms with Gasteiger partial charge in [0.2, 0.25) is 0 Å². The first-order valence-corrected chi connectivity index (χ1v) is 13.9. The van der Waals surface area contributed by atoms with Crippen LogP contribution < -0.4 is 20.1 Å². The van der Waals surface area contributed by atoms with Gasteiger partial charge >= 0.3 is 6.03 Å². The number of methoxy groups -OCH3 is 2. The van der Waals surface area contributed by atoms with E-state index in [1.807, 2.05) is 6.07 Å². The van der Waals surface area contributed by atoms with Gasteiger partial charge in [-0.2, -0.15) is 0 Å². The minimum atomic E-state index is -0.979. The summed E-state index contributed by atoms with van der Waals surface area (Å²) in [7, 11) is 3.34. The first-order valence-electron chi connectivity index (χ1n) is 13.9. The van der Waals surface area contributed by atoms with Crippen LogP contribution in [0.4, 0.5) is 19.3 Å². The van der Waals surface area contributed by atoms with Crippen LogP contribution in [0, 0.1) is 23.5 Å². The lowest BCUT2D eigenvalue weighted by Crippen LogP contribution is -2.55. The van der Waals surface area contributed by atoms with Crippen molar-refractivity contribution in [3.8, 4) is 11.5 Å². The molecule has 6 rings (SSSR count). The van der Waals surface area contributed by atoms with Crippen LogP contribution in [0.1, 0.15) is 56.9 Å². The number of halogens is 2. The van der Waals surface area contributed by atoms with Crippen molar-refractivity contribution >= 4 is 11.7 Å². The van der Waals surface area contributed by atoms with Crippen LogP contribution in [-0.2, 0) is 5.41 Å².